The zero-order chi connectivity index (χ0) is 21.3. The first kappa shape index (κ1) is 19.5. The van der Waals surface area contributed by atoms with Crippen LogP contribution in [0, 0.1) is 13.8 Å². The van der Waals surface area contributed by atoms with E-state index in [0.717, 1.165) is 11.1 Å². The van der Waals surface area contributed by atoms with Crippen LogP contribution in [-0.2, 0) is 4.79 Å². The molecule has 6 nitrogen and oxygen atoms in total. The Bertz CT molecular complexity index is 1320. The van der Waals surface area contributed by atoms with Crippen LogP contribution in [0.25, 0.3) is 21.9 Å². The van der Waals surface area contributed by atoms with Gasteiger partial charge in [0.05, 0.1) is 17.9 Å². The third-order valence-electron chi connectivity index (χ3n) is 4.81. The largest absolute Gasteiger partial charge is 0.493 e. The van der Waals surface area contributed by atoms with Gasteiger partial charge in [0.15, 0.2) is 18.1 Å². The molecule has 0 aliphatic carbocycles. The van der Waals surface area contributed by atoms with Crippen molar-refractivity contribution in [1.29, 1.82) is 0 Å². The highest BCUT2D eigenvalue weighted by Gasteiger charge is 2.12. The van der Waals surface area contributed by atoms with Crippen LogP contribution in [0.3, 0.4) is 0 Å². The molecule has 152 valence electrons. The zero-order valence-corrected chi connectivity index (χ0v) is 16.9. The number of ether oxygens (including phenoxy) is 2. The molecule has 0 spiro atoms. The van der Waals surface area contributed by atoms with Crippen molar-refractivity contribution in [2.45, 2.75) is 13.8 Å². The smallest absolute Gasteiger partial charge is 0.262 e. The Labute approximate surface area is 173 Å². The van der Waals surface area contributed by atoms with Gasteiger partial charge >= 0.3 is 0 Å². The van der Waals surface area contributed by atoms with Crippen molar-refractivity contribution in [1.82, 2.24) is 0 Å². The predicted molar refractivity (Wildman–Crippen MR) is 117 cm³/mol. The van der Waals surface area contributed by atoms with Crippen LogP contribution >= 0.6 is 0 Å². The van der Waals surface area contributed by atoms with E-state index >= 15 is 0 Å². The van der Waals surface area contributed by atoms with E-state index in [2.05, 4.69) is 5.32 Å². The van der Waals surface area contributed by atoms with Gasteiger partial charge in [0.1, 0.15) is 11.2 Å². The molecule has 30 heavy (non-hydrogen) atoms. The lowest BCUT2D eigenvalue weighted by Gasteiger charge is -2.11. The fraction of sp³-hybridized carbons (Fsp3) is 0.167. The molecule has 4 aromatic rings. The van der Waals surface area contributed by atoms with E-state index in [0.29, 0.717) is 39.1 Å². The molecule has 1 aromatic heterocycles. The van der Waals surface area contributed by atoms with Gasteiger partial charge in [-0.05, 0) is 55.3 Å². The summed E-state index contributed by atoms with van der Waals surface area (Å²) in [6, 6.07) is 15.9. The highest BCUT2D eigenvalue weighted by molar-refractivity contribution is 5.96. The number of methoxy groups -OCH3 is 1. The normalized spacial score (nSPS) is 10.9. The number of amides is 1. The minimum absolute atomic E-state index is 0.0876. The first-order valence-corrected chi connectivity index (χ1v) is 9.50. The summed E-state index contributed by atoms with van der Waals surface area (Å²) in [6.07, 6.45) is 0. The van der Waals surface area contributed by atoms with Crippen molar-refractivity contribution < 1.29 is 18.7 Å². The molecule has 4 rings (SSSR count). The summed E-state index contributed by atoms with van der Waals surface area (Å²) < 4.78 is 16.7. The average molecular weight is 403 g/mol. The molecule has 0 radical (unpaired) electrons. The maximum atomic E-state index is 12.9. The van der Waals surface area contributed by atoms with Crippen LogP contribution in [0.2, 0.25) is 0 Å². The SMILES string of the molecule is COc1ccccc1OCC(=O)Nc1ccc2c(=O)c3cc(C)cc(C)c3oc2c1. The van der Waals surface area contributed by atoms with Crippen molar-refractivity contribution >= 4 is 33.5 Å². The summed E-state index contributed by atoms with van der Waals surface area (Å²) in [5.74, 6) is 0.697. The summed E-state index contributed by atoms with van der Waals surface area (Å²) in [6.45, 7) is 3.67. The molecule has 1 amide bonds. The topological polar surface area (TPSA) is 77.8 Å². The summed E-state index contributed by atoms with van der Waals surface area (Å²) in [5.41, 5.74) is 3.30. The van der Waals surface area contributed by atoms with Gasteiger partial charge in [-0.2, -0.15) is 0 Å². The van der Waals surface area contributed by atoms with Crippen molar-refractivity contribution in [3.05, 3.63) is 75.9 Å². The standard InChI is InChI=1S/C24H21NO5/c1-14-10-15(2)24-18(11-14)23(27)17-9-8-16(12-21(17)30-24)25-22(26)13-29-20-7-5-4-6-19(20)28-3/h4-12H,13H2,1-3H3,(H,25,26). The van der Waals surface area contributed by atoms with Gasteiger partial charge < -0.3 is 19.2 Å². The summed E-state index contributed by atoms with van der Waals surface area (Å²) in [4.78, 5) is 25.2. The summed E-state index contributed by atoms with van der Waals surface area (Å²) >= 11 is 0. The number of benzene rings is 3. The molecule has 0 saturated heterocycles. The molecular formula is C24H21NO5. The van der Waals surface area contributed by atoms with Crippen molar-refractivity contribution in [3.8, 4) is 11.5 Å². The van der Waals surface area contributed by atoms with Crippen LogP contribution < -0.4 is 20.2 Å². The van der Waals surface area contributed by atoms with E-state index in [1.54, 1.807) is 36.4 Å². The minimum Gasteiger partial charge on any atom is -0.493 e. The van der Waals surface area contributed by atoms with Crippen LogP contribution in [0.15, 0.2) is 63.8 Å². The Morgan fingerprint density at radius 3 is 2.53 bits per heavy atom. The number of hydrogen-bond donors (Lipinski definition) is 1. The molecule has 0 fully saturated rings. The Hall–Kier alpha value is -3.80. The molecule has 0 saturated carbocycles. The van der Waals surface area contributed by atoms with Crippen molar-refractivity contribution in [3.63, 3.8) is 0 Å². The highest BCUT2D eigenvalue weighted by atomic mass is 16.5. The number of para-hydroxylation sites is 2. The van der Waals surface area contributed by atoms with E-state index in [4.69, 9.17) is 13.9 Å². The van der Waals surface area contributed by atoms with Gasteiger partial charge in [0, 0.05) is 11.8 Å². The van der Waals surface area contributed by atoms with Gasteiger partial charge in [-0.15, -0.1) is 0 Å². The fourth-order valence-corrected chi connectivity index (χ4v) is 3.46. The molecule has 1 heterocycles. The number of nitrogens with one attached hydrogen (secondary N) is 1. The number of aryl methyl sites for hydroxylation is 2. The molecule has 0 aliphatic heterocycles. The van der Waals surface area contributed by atoms with Crippen molar-refractivity contribution in [2.75, 3.05) is 19.0 Å². The van der Waals surface area contributed by atoms with E-state index in [1.165, 1.54) is 7.11 Å². The van der Waals surface area contributed by atoms with Crippen LogP contribution in [0.1, 0.15) is 11.1 Å². The lowest BCUT2D eigenvalue weighted by atomic mass is 10.1. The second kappa shape index (κ2) is 7.91. The third-order valence-corrected chi connectivity index (χ3v) is 4.81. The quantitative estimate of drug-likeness (QED) is 0.493. The van der Waals surface area contributed by atoms with Crippen LogP contribution in [0.5, 0.6) is 11.5 Å². The number of rotatable bonds is 5. The zero-order valence-electron chi connectivity index (χ0n) is 16.9. The minimum atomic E-state index is -0.338. The average Bonchev–Trinajstić information content (AvgIpc) is 2.73. The Morgan fingerprint density at radius 2 is 1.77 bits per heavy atom. The molecule has 6 heteroatoms. The van der Waals surface area contributed by atoms with Crippen molar-refractivity contribution in [2.24, 2.45) is 0 Å². The first-order valence-electron chi connectivity index (χ1n) is 9.50. The second-order valence-corrected chi connectivity index (χ2v) is 7.09. The monoisotopic (exact) mass is 403 g/mol. The Morgan fingerprint density at radius 1 is 1.00 bits per heavy atom. The Balaban J connectivity index is 1.58. The predicted octanol–water partition coefficient (Wildman–Crippen LogP) is 4.59. The van der Waals surface area contributed by atoms with Gasteiger partial charge in [-0.3, -0.25) is 9.59 Å². The van der Waals surface area contributed by atoms with E-state index in [-0.39, 0.29) is 17.9 Å². The number of carbonyl (C=O) groups excluding carboxylic acids is 1. The molecule has 3 aromatic carbocycles. The first-order chi connectivity index (χ1) is 14.5. The molecule has 0 unspecified atom stereocenters. The maximum absolute atomic E-state index is 12.9. The fourth-order valence-electron chi connectivity index (χ4n) is 3.46. The molecular weight excluding hydrogens is 382 g/mol. The number of anilines is 1. The molecule has 0 aliphatic rings. The Kier molecular flexibility index (Phi) is 5.14. The van der Waals surface area contributed by atoms with Crippen LogP contribution in [-0.4, -0.2) is 19.6 Å². The number of carbonyl (C=O) groups is 1. The summed E-state index contributed by atoms with van der Waals surface area (Å²) in [5, 5.41) is 3.79. The number of fused-ring (bicyclic) bond motifs is 2. The van der Waals surface area contributed by atoms with Gasteiger partial charge in [-0.1, -0.05) is 18.2 Å². The number of hydrogen-bond acceptors (Lipinski definition) is 5. The van der Waals surface area contributed by atoms with Gasteiger partial charge in [0.25, 0.3) is 5.91 Å². The second-order valence-electron chi connectivity index (χ2n) is 7.09. The molecule has 1 N–H and O–H groups in total. The van der Waals surface area contributed by atoms with Gasteiger partial charge in [-0.25, -0.2) is 0 Å². The highest BCUT2D eigenvalue weighted by Crippen LogP contribution is 2.26. The third kappa shape index (κ3) is 3.72. The maximum Gasteiger partial charge on any atom is 0.262 e. The lowest BCUT2D eigenvalue weighted by Crippen LogP contribution is -2.20. The lowest BCUT2D eigenvalue weighted by molar-refractivity contribution is -0.118. The molecule has 0 bridgehead atoms. The van der Waals surface area contributed by atoms with E-state index in [9.17, 15) is 9.59 Å². The van der Waals surface area contributed by atoms with Crippen LogP contribution in [0.4, 0.5) is 5.69 Å². The van der Waals surface area contributed by atoms with E-state index in [1.807, 2.05) is 32.0 Å². The van der Waals surface area contributed by atoms with E-state index < -0.39 is 0 Å². The van der Waals surface area contributed by atoms with Gasteiger partial charge in [0.2, 0.25) is 5.43 Å². The summed E-state index contributed by atoms with van der Waals surface area (Å²) in [7, 11) is 1.54. The molecule has 0 atom stereocenters.